The van der Waals surface area contributed by atoms with Gasteiger partial charge < -0.3 is 14.4 Å². The van der Waals surface area contributed by atoms with Crippen LogP contribution in [0.15, 0.2) is 29.2 Å². The van der Waals surface area contributed by atoms with Gasteiger partial charge in [0.15, 0.2) is 6.61 Å². The van der Waals surface area contributed by atoms with Crippen LogP contribution in [0.5, 0.6) is 0 Å². The molecule has 1 aromatic carbocycles. The zero-order chi connectivity index (χ0) is 16.7. The van der Waals surface area contributed by atoms with Gasteiger partial charge in [-0.05, 0) is 19.1 Å². The fraction of sp³-hybridized carbons (Fsp3) is 0.500. The van der Waals surface area contributed by atoms with Crippen molar-refractivity contribution in [1.82, 2.24) is 4.90 Å². The van der Waals surface area contributed by atoms with E-state index in [-0.39, 0.29) is 31.0 Å². The zero-order valence-electron chi connectivity index (χ0n) is 13.0. The second-order valence-corrected chi connectivity index (χ2v) is 6.75. The third kappa shape index (κ3) is 6.05. The van der Waals surface area contributed by atoms with Crippen LogP contribution < -0.4 is 0 Å². The van der Waals surface area contributed by atoms with Gasteiger partial charge in [-0.1, -0.05) is 23.7 Å². The summed E-state index contributed by atoms with van der Waals surface area (Å²) in [5.74, 6) is 0.0113. The number of hydrogen-bond acceptors (Lipinski definition) is 5. The van der Waals surface area contributed by atoms with E-state index in [1.807, 2.05) is 31.2 Å². The quantitative estimate of drug-likeness (QED) is 0.578. The molecule has 23 heavy (non-hydrogen) atoms. The lowest BCUT2D eigenvalue weighted by atomic mass is 10.3. The van der Waals surface area contributed by atoms with Crippen LogP contribution >= 0.6 is 23.4 Å². The van der Waals surface area contributed by atoms with Crippen LogP contribution in [0.4, 0.5) is 0 Å². The van der Waals surface area contributed by atoms with Gasteiger partial charge >= 0.3 is 5.97 Å². The first-order valence-electron chi connectivity index (χ1n) is 7.48. The van der Waals surface area contributed by atoms with Crippen LogP contribution in [-0.4, -0.2) is 54.9 Å². The van der Waals surface area contributed by atoms with Crippen molar-refractivity contribution >= 4 is 35.2 Å². The van der Waals surface area contributed by atoms with Gasteiger partial charge in [-0.3, -0.25) is 9.59 Å². The van der Waals surface area contributed by atoms with E-state index in [4.69, 9.17) is 21.1 Å². The number of esters is 1. The number of hydrogen-bond donors (Lipinski definition) is 0. The number of nitrogens with zero attached hydrogens (tertiary/aromatic N) is 1. The van der Waals surface area contributed by atoms with E-state index in [1.165, 1.54) is 11.8 Å². The van der Waals surface area contributed by atoms with E-state index >= 15 is 0 Å². The maximum atomic E-state index is 12.0. The Labute approximate surface area is 145 Å². The van der Waals surface area contributed by atoms with Crippen LogP contribution in [-0.2, 0) is 19.1 Å². The standard InChI is InChI=1S/C16H20ClNO4S/c1-12-10-18(7-8-21-12)15(19)11-22-16(20)6-9-23-14-5-3-2-4-13(14)17/h2-5,12H,6-11H2,1H3. The zero-order valence-corrected chi connectivity index (χ0v) is 14.6. The number of thioether (sulfide) groups is 1. The molecular formula is C16H20ClNO4S. The fourth-order valence-electron chi connectivity index (χ4n) is 2.16. The van der Waals surface area contributed by atoms with Crippen LogP contribution in [0.1, 0.15) is 13.3 Å². The highest BCUT2D eigenvalue weighted by atomic mass is 35.5. The third-order valence-electron chi connectivity index (χ3n) is 3.35. The van der Waals surface area contributed by atoms with E-state index in [1.54, 1.807) is 4.90 Å². The maximum absolute atomic E-state index is 12.0. The summed E-state index contributed by atoms with van der Waals surface area (Å²) >= 11 is 7.54. The Balaban J connectivity index is 1.65. The van der Waals surface area contributed by atoms with Gasteiger partial charge in [-0.15, -0.1) is 11.8 Å². The van der Waals surface area contributed by atoms with Crippen molar-refractivity contribution in [3.05, 3.63) is 29.3 Å². The van der Waals surface area contributed by atoms with E-state index in [0.717, 1.165) is 4.90 Å². The molecule has 0 saturated carbocycles. The lowest BCUT2D eigenvalue weighted by molar-refractivity contribution is -0.154. The molecule has 0 aliphatic carbocycles. The summed E-state index contributed by atoms with van der Waals surface area (Å²) in [5.41, 5.74) is 0. The summed E-state index contributed by atoms with van der Waals surface area (Å²) in [6.45, 7) is 3.32. The van der Waals surface area contributed by atoms with Gasteiger partial charge in [0, 0.05) is 23.7 Å². The van der Waals surface area contributed by atoms with Gasteiger partial charge in [0.1, 0.15) is 0 Å². The Morgan fingerprint density at radius 3 is 2.96 bits per heavy atom. The first-order valence-corrected chi connectivity index (χ1v) is 8.85. The number of carbonyl (C=O) groups is 2. The van der Waals surface area contributed by atoms with E-state index in [2.05, 4.69) is 0 Å². The first kappa shape index (κ1) is 18.1. The van der Waals surface area contributed by atoms with E-state index in [0.29, 0.717) is 30.5 Å². The molecule has 0 N–H and O–H groups in total. The van der Waals surface area contributed by atoms with Gasteiger partial charge in [-0.2, -0.15) is 0 Å². The SMILES string of the molecule is CC1CN(C(=O)COC(=O)CCSc2ccccc2Cl)CCO1. The maximum Gasteiger partial charge on any atom is 0.307 e. The monoisotopic (exact) mass is 357 g/mol. The molecule has 1 aliphatic rings. The lowest BCUT2D eigenvalue weighted by Gasteiger charge is -2.30. The number of halogens is 1. The molecule has 0 radical (unpaired) electrons. The molecule has 7 heteroatoms. The normalized spacial score (nSPS) is 17.8. The topological polar surface area (TPSA) is 55.8 Å². The predicted molar refractivity (Wildman–Crippen MR) is 89.7 cm³/mol. The van der Waals surface area contributed by atoms with Crippen molar-refractivity contribution in [3.8, 4) is 0 Å². The Morgan fingerprint density at radius 1 is 1.43 bits per heavy atom. The van der Waals surface area contributed by atoms with Crippen molar-refractivity contribution < 1.29 is 19.1 Å². The van der Waals surface area contributed by atoms with Gasteiger partial charge in [0.25, 0.3) is 5.91 Å². The summed E-state index contributed by atoms with van der Waals surface area (Å²) in [6.07, 6.45) is 0.262. The summed E-state index contributed by atoms with van der Waals surface area (Å²) in [7, 11) is 0. The average molecular weight is 358 g/mol. The molecule has 1 aliphatic heterocycles. The van der Waals surface area contributed by atoms with Crippen molar-refractivity contribution in [1.29, 1.82) is 0 Å². The molecular weight excluding hydrogens is 338 g/mol. The molecule has 0 bridgehead atoms. The predicted octanol–water partition coefficient (Wildman–Crippen LogP) is 2.61. The van der Waals surface area contributed by atoms with Gasteiger partial charge in [0.2, 0.25) is 0 Å². The summed E-state index contributed by atoms with van der Waals surface area (Å²) < 4.78 is 10.4. The van der Waals surface area contributed by atoms with E-state index in [9.17, 15) is 9.59 Å². The second kappa shape index (κ2) is 9.15. The average Bonchev–Trinajstić information content (AvgIpc) is 2.54. The minimum absolute atomic E-state index is 0.0235. The molecule has 1 heterocycles. The number of rotatable bonds is 6. The van der Waals surface area contributed by atoms with Crippen LogP contribution in [0, 0.1) is 0 Å². The number of benzene rings is 1. The molecule has 1 amide bonds. The highest BCUT2D eigenvalue weighted by Crippen LogP contribution is 2.26. The molecule has 2 rings (SSSR count). The molecule has 0 aromatic heterocycles. The molecule has 1 atom stereocenters. The molecule has 5 nitrogen and oxygen atoms in total. The number of amides is 1. The second-order valence-electron chi connectivity index (χ2n) is 5.21. The highest BCUT2D eigenvalue weighted by molar-refractivity contribution is 7.99. The summed E-state index contributed by atoms with van der Waals surface area (Å²) in [4.78, 5) is 26.3. The number of morpholine rings is 1. The smallest absolute Gasteiger partial charge is 0.307 e. The van der Waals surface area contributed by atoms with Gasteiger partial charge in [0.05, 0.1) is 24.2 Å². The summed E-state index contributed by atoms with van der Waals surface area (Å²) in [5, 5.41) is 0.669. The van der Waals surface area contributed by atoms with Gasteiger partial charge in [-0.25, -0.2) is 0 Å². The molecule has 126 valence electrons. The third-order valence-corrected chi connectivity index (χ3v) is 4.87. The Hall–Kier alpha value is -1.24. The van der Waals surface area contributed by atoms with Crippen molar-refractivity contribution in [2.75, 3.05) is 32.1 Å². The molecule has 1 aromatic rings. The van der Waals surface area contributed by atoms with Crippen LogP contribution in [0.3, 0.4) is 0 Å². The Morgan fingerprint density at radius 2 is 2.22 bits per heavy atom. The highest BCUT2D eigenvalue weighted by Gasteiger charge is 2.22. The molecule has 1 unspecified atom stereocenters. The Kier molecular flexibility index (Phi) is 7.20. The van der Waals surface area contributed by atoms with Crippen molar-refractivity contribution in [3.63, 3.8) is 0 Å². The van der Waals surface area contributed by atoms with Crippen LogP contribution in [0.2, 0.25) is 5.02 Å². The molecule has 1 fully saturated rings. The van der Waals surface area contributed by atoms with Crippen molar-refractivity contribution in [2.24, 2.45) is 0 Å². The van der Waals surface area contributed by atoms with Crippen molar-refractivity contribution in [2.45, 2.75) is 24.3 Å². The van der Waals surface area contributed by atoms with E-state index < -0.39 is 0 Å². The lowest BCUT2D eigenvalue weighted by Crippen LogP contribution is -2.46. The number of ether oxygens (including phenoxy) is 2. The Bertz CT molecular complexity index is 555. The molecule has 1 saturated heterocycles. The minimum Gasteiger partial charge on any atom is -0.456 e. The summed E-state index contributed by atoms with van der Waals surface area (Å²) in [6, 6.07) is 7.47. The fourth-order valence-corrected chi connectivity index (χ4v) is 3.33. The largest absolute Gasteiger partial charge is 0.456 e. The number of carbonyl (C=O) groups excluding carboxylic acids is 2. The minimum atomic E-state index is -0.376. The molecule has 0 spiro atoms. The first-order chi connectivity index (χ1) is 11.1. The van der Waals surface area contributed by atoms with Crippen LogP contribution in [0.25, 0.3) is 0 Å².